The Morgan fingerprint density at radius 3 is 2.72 bits per heavy atom. The smallest absolute Gasteiger partial charge is 0.410 e. The van der Waals surface area contributed by atoms with Crippen LogP contribution in [0.1, 0.15) is 0 Å². The number of hydrogen-bond donors (Lipinski definition) is 1. The van der Waals surface area contributed by atoms with Gasteiger partial charge in [-0.05, 0) is 24.3 Å². The summed E-state index contributed by atoms with van der Waals surface area (Å²) in [5.41, 5.74) is 0. The highest BCUT2D eigenvalue weighted by Gasteiger charge is 2.38. The minimum Gasteiger partial charge on any atom is -0.447 e. The minimum absolute atomic E-state index is 0.0124. The molecule has 2 heterocycles. The third-order valence-corrected chi connectivity index (χ3v) is 5.96. The van der Waals surface area contributed by atoms with E-state index in [1.165, 1.54) is 17.0 Å². The van der Waals surface area contributed by atoms with Crippen LogP contribution in [0.5, 0.6) is 0 Å². The number of nitrogens with zero attached hydrogens (tertiary/aromatic N) is 2. The molecule has 1 N–H and O–H groups in total. The molecule has 0 bridgehead atoms. The maximum Gasteiger partial charge on any atom is 0.410 e. The fraction of sp³-hybridized carbons (Fsp3) is 0.467. The SMILES string of the molecule is O=C(NCCS(=O)(=O)c1ccc(F)cc1)N1CCN2C(=O)OCC2C1. The molecule has 0 radical (unpaired) electrons. The molecule has 2 aliphatic rings. The van der Waals surface area contributed by atoms with E-state index in [0.29, 0.717) is 19.6 Å². The molecule has 1 aromatic carbocycles. The summed E-state index contributed by atoms with van der Waals surface area (Å²) in [4.78, 5) is 26.7. The van der Waals surface area contributed by atoms with Gasteiger partial charge in [-0.2, -0.15) is 0 Å². The molecule has 0 spiro atoms. The molecule has 2 fully saturated rings. The van der Waals surface area contributed by atoms with Gasteiger partial charge in [0.05, 0.1) is 16.7 Å². The van der Waals surface area contributed by atoms with E-state index in [1.54, 1.807) is 4.90 Å². The van der Waals surface area contributed by atoms with Gasteiger partial charge in [0.25, 0.3) is 0 Å². The summed E-state index contributed by atoms with van der Waals surface area (Å²) < 4.78 is 42.1. The van der Waals surface area contributed by atoms with E-state index in [2.05, 4.69) is 5.32 Å². The van der Waals surface area contributed by atoms with Crippen molar-refractivity contribution in [2.24, 2.45) is 0 Å². The summed E-state index contributed by atoms with van der Waals surface area (Å²) in [6.45, 7) is 1.30. The Bertz CT molecular complexity index is 768. The van der Waals surface area contributed by atoms with E-state index in [1.807, 2.05) is 0 Å². The number of carbonyl (C=O) groups is 2. The topological polar surface area (TPSA) is 96.0 Å². The van der Waals surface area contributed by atoms with Gasteiger partial charge in [-0.1, -0.05) is 0 Å². The molecule has 2 saturated heterocycles. The maximum atomic E-state index is 12.9. The highest BCUT2D eigenvalue weighted by Crippen LogP contribution is 2.17. The average molecular weight is 371 g/mol. The van der Waals surface area contributed by atoms with Crippen LogP contribution in [0, 0.1) is 5.82 Å². The number of halogens is 1. The Morgan fingerprint density at radius 2 is 2.00 bits per heavy atom. The van der Waals surface area contributed by atoms with Gasteiger partial charge < -0.3 is 15.0 Å². The van der Waals surface area contributed by atoms with Crippen molar-refractivity contribution in [3.05, 3.63) is 30.1 Å². The van der Waals surface area contributed by atoms with Crippen LogP contribution in [0.2, 0.25) is 0 Å². The van der Waals surface area contributed by atoms with Gasteiger partial charge >= 0.3 is 12.1 Å². The second-order valence-corrected chi connectivity index (χ2v) is 7.98. The third kappa shape index (κ3) is 3.84. The molecule has 0 aliphatic carbocycles. The fourth-order valence-corrected chi connectivity index (χ4v) is 3.99. The summed E-state index contributed by atoms with van der Waals surface area (Å²) in [6.07, 6.45) is -0.365. The Hall–Kier alpha value is -2.36. The zero-order valence-corrected chi connectivity index (χ0v) is 14.2. The Labute approximate surface area is 144 Å². The van der Waals surface area contributed by atoms with Crippen molar-refractivity contribution >= 4 is 22.0 Å². The van der Waals surface area contributed by atoms with E-state index in [-0.39, 0.29) is 42.0 Å². The molecular weight excluding hydrogens is 353 g/mol. The van der Waals surface area contributed by atoms with E-state index >= 15 is 0 Å². The molecule has 10 heteroatoms. The summed E-state index contributed by atoms with van der Waals surface area (Å²) in [5.74, 6) is -0.796. The van der Waals surface area contributed by atoms with E-state index in [0.717, 1.165) is 12.1 Å². The maximum absolute atomic E-state index is 12.9. The number of amides is 3. The second-order valence-electron chi connectivity index (χ2n) is 5.87. The summed E-state index contributed by atoms with van der Waals surface area (Å²) in [6, 6.07) is 4.01. The monoisotopic (exact) mass is 371 g/mol. The molecule has 1 unspecified atom stereocenters. The van der Waals surface area contributed by atoms with Crippen LogP contribution in [-0.4, -0.2) is 74.9 Å². The van der Waals surface area contributed by atoms with Crippen LogP contribution < -0.4 is 5.32 Å². The molecule has 0 saturated carbocycles. The quantitative estimate of drug-likeness (QED) is 0.775. The number of piperazine rings is 1. The minimum atomic E-state index is -3.60. The van der Waals surface area contributed by atoms with E-state index in [9.17, 15) is 22.4 Å². The number of fused-ring (bicyclic) bond motifs is 1. The standard InChI is InChI=1S/C15H18FN3O5S/c16-11-1-3-13(4-2-11)25(22,23)8-5-17-14(20)18-6-7-19-12(9-18)10-24-15(19)21/h1-4,12H,5-10H2,(H,17,20). The number of sulfone groups is 1. The predicted octanol–water partition coefficient (Wildman–Crippen LogP) is 0.445. The van der Waals surface area contributed by atoms with Crippen molar-refractivity contribution in [3.63, 3.8) is 0 Å². The van der Waals surface area contributed by atoms with Gasteiger partial charge in [-0.15, -0.1) is 0 Å². The number of hydrogen-bond acceptors (Lipinski definition) is 5. The number of benzene rings is 1. The van der Waals surface area contributed by atoms with Gasteiger partial charge in [-0.25, -0.2) is 22.4 Å². The number of carbonyl (C=O) groups excluding carboxylic acids is 2. The largest absolute Gasteiger partial charge is 0.447 e. The van der Waals surface area contributed by atoms with E-state index < -0.39 is 15.7 Å². The van der Waals surface area contributed by atoms with Crippen LogP contribution in [-0.2, 0) is 14.6 Å². The molecule has 2 aliphatic heterocycles. The first-order chi connectivity index (χ1) is 11.9. The molecule has 136 valence electrons. The summed E-state index contributed by atoms with van der Waals surface area (Å²) in [7, 11) is -3.60. The van der Waals surface area contributed by atoms with E-state index in [4.69, 9.17) is 4.74 Å². The lowest BCUT2D eigenvalue weighted by Gasteiger charge is -2.35. The Morgan fingerprint density at radius 1 is 1.28 bits per heavy atom. The van der Waals surface area contributed by atoms with Gasteiger partial charge in [0, 0.05) is 26.2 Å². The lowest BCUT2D eigenvalue weighted by molar-refractivity contribution is 0.127. The highest BCUT2D eigenvalue weighted by atomic mass is 32.2. The van der Waals surface area contributed by atoms with Gasteiger partial charge in [-0.3, -0.25) is 4.90 Å². The normalized spacial score (nSPS) is 20.2. The number of nitrogens with one attached hydrogen (secondary N) is 1. The van der Waals surface area contributed by atoms with Crippen LogP contribution in [0.3, 0.4) is 0 Å². The molecule has 3 rings (SSSR count). The number of rotatable bonds is 4. The number of urea groups is 1. The van der Waals surface area contributed by atoms with Crippen molar-refractivity contribution in [1.82, 2.24) is 15.1 Å². The van der Waals surface area contributed by atoms with Crippen LogP contribution in [0.4, 0.5) is 14.0 Å². The van der Waals surface area contributed by atoms with Crippen molar-refractivity contribution < 1.29 is 27.1 Å². The lowest BCUT2D eigenvalue weighted by Crippen LogP contribution is -2.56. The van der Waals surface area contributed by atoms with Crippen LogP contribution in [0.15, 0.2) is 29.2 Å². The van der Waals surface area contributed by atoms with Gasteiger partial charge in [0.2, 0.25) is 0 Å². The molecular formula is C15H18FN3O5S. The Balaban J connectivity index is 1.49. The fourth-order valence-electron chi connectivity index (χ4n) is 2.84. The molecule has 3 amide bonds. The van der Waals surface area contributed by atoms with Gasteiger partial charge in [0.1, 0.15) is 12.4 Å². The zero-order chi connectivity index (χ0) is 18.0. The van der Waals surface area contributed by atoms with Crippen molar-refractivity contribution in [1.29, 1.82) is 0 Å². The first-order valence-corrected chi connectivity index (χ1v) is 9.46. The van der Waals surface area contributed by atoms with Crippen molar-refractivity contribution in [2.75, 3.05) is 38.5 Å². The Kier molecular flexibility index (Phi) is 4.80. The first kappa shape index (κ1) is 17.5. The summed E-state index contributed by atoms with van der Waals surface area (Å²) in [5, 5.41) is 2.57. The summed E-state index contributed by atoms with van der Waals surface area (Å²) >= 11 is 0. The molecule has 8 nitrogen and oxygen atoms in total. The number of ether oxygens (including phenoxy) is 1. The third-order valence-electron chi connectivity index (χ3n) is 4.22. The average Bonchev–Trinajstić information content (AvgIpc) is 2.95. The molecule has 0 aromatic heterocycles. The zero-order valence-electron chi connectivity index (χ0n) is 13.4. The van der Waals surface area contributed by atoms with Crippen molar-refractivity contribution in [3.8, 4) is 0 Å². The van der Waals surface area contributed by atoms with Crippen LogP contribution >= 0.6 is 0 Å². The first-order valence-electron chi connectivity index (χ1n) is 7.81. The molecule has 25 heavy (non-hydrogen) atoms. The number of cyclic esters (lactones) is 1. The second kappa shape index (κ2) is 6.87. The van der Waals surface area contributed by atoms with Crippen molar-refractivity contribution in [2.45, 2.75) is 10.9 Å². The lowest BCUT2D eigenvalue weighted by atomic mass is 10.2. The van der Waals surface area contributed by atoms with Crippen LogP contribution in [0.25, 0.3) is 0 Å². The predicted molar refractivity (Wildman–Crippen MR) is 85.3 cm³/mol. The highest BCUT2D eigenvalue weighted by molar-refractivity contribution is 7.91. The molecule has 1 atom stereocenters. The molecule has 1 aromatic rings. The van der Waals surface area contributed by atoms with Gasteiger partial charge in [0.15, 0.2) is 9.84 Å².